The molecule has 0 heterocycles. The number of carbonyl (C=O) groups excluding carboxylic acids is 3. The largest absolute Gasteiger partial charge is 0.444 e. The van der Waals surface area contributed by atoms with E-state index in [1.165, 1.54) is 0 Å². The number of amides is 3. The van der Waals surface area contributed by atoms with Gasteiger partial charge in [0.15, 0.2) is 0 Å². The Bertz CT molecular complexity index is 916. The predicted molar refractivity (Wildman–Crippen MR) is 146 cm³/mol. The molecule has 0 spiro atoms. The molecule has 7 nitrogen and oxygen atoms in total. The van der Waals surface area contributed by atoms with Crippen LogP contribution in [-0.4, -0.2) is 59.0 Å². The Balaban J connectivity index is 2.37. The number of thioether (sulfide) groups is 1. The van der Waals surface area contributed by atoms with Gasteiger partial charge in [-0.05, 0) is 76.2 Å². The molecule has 0 aliphatic heterocycles. The van der Waals surface area contributed by atoms with E-state index in [1.54, 1.807) is 49.6 Å². The second-order valence-corrected chi connectivity index (χ2v) is 11.1. The molecule has 0 radical (unpaired) electrons. The highest BCUT2D eigenvalue weighted by atomic mass is 32.2. The number of unbranched alkanes of at least 4 members (excludes halogenated alkanes) is 2. The van der Waals surface area contributed by atoms with Gasteiger partial charge < -0.3 is 20.3 Å². The van der Waals surface area contributed by atoms with E-state index in [9.17, 15) is 14.4 Å². The smallest absolute Gasteiger partial charge is 0.408 e. The van der Waals surface area contributed by atoms with Crippen molar-refractivity contribution in [3.8, 4) is 12.3 Å². The third kappa shape index (κ3) is 9.42. The van der Waals surface area contributed by atoms with Crippen LogP contribution in [0.4, 0.5) is 4.79 Å². The first-order valence-electron chi connectivity index (χ1n) is 12.8. The van der Waals surface area contributed by atoms with Crippen molar-refractivity contribution in [2.24, 2.45) is 0 Å². The zero-order valence-electron chi connectivity index (χ0n) is 22.3. The van der Waals surface area contributed by atoms with E-state index in [-0.39, 0.29) is 17.9 Å². The quantitative estimate of drug-likeness (QED) is 0.295. The minimum atomic E-state index is -0.810. The van der Waals surface area contributed by atoms with Crippen molar-refractivity contribution >= 4 is 29.7 Å². The zero-order valence-corrected chi connectivity index (χ0v) is 23.1. The zero-order chi connectivity index (χ0) is 26.7. The van der Waals surface area contributed by atoms with E-state index >= 15 is 0 Å². The molecule has 0 aromatic heterocycles. The number of ether oxygens (including phenoxy) is 1. The van der Waals surface area contributed by atoms with Gasteiger partial charge >= 0.3 is 6.09 Å². The Morgan fingerprint density at radius 1 is 1.19 bits per heavy atom. The molecule has 1 aromatic rings. The van der Waals surface area contributed by atoms with Crippen molar-refractivity contribution in [3.05, 3.63) is 35.4 Å². The van der Waals surface area contributed by atoms with Crippen LogP contribution >= 0.6 is 11.8 Å². The average molecular weight is 516 g/mol. The lowest BCUT2D eigenvalue weighted by Gasteiger charge is -2.34. The number of alkyl carbamates (subject to hydrolysis) is 1. The molecule has 2 rings (SSSR count). The van der Waals surface area contributed by atoms with Crippen molar-refractivity contribution in [2.45, 2.75) is 89.9 Å². The monoisotopic (exact) mass is 515 g/mol. The van der Waals surface area contributed by atoms with Crippen LogP contribution < -0.4 is 10.6 Å². The molecule has 2 unspecified atom stereocenters. The molecule has 2 N–H and O–H groups in total. The van der Waals surface area contributed by atoms with Crippen LogP contribution in [0, 0.1) is 12.3 Å². The highest BCUT2D eigenvalue weighted by molar-refractivity contribution is 7.98. The average Bonchev–Trinajstić information content (AvgIpc) is 3.66. The van der Waals surface area contributed by atoms with Gasteiger partial charge in [0.2, 0.25) is 11.8 Å². The lowest BCUT2D eigenvalue weighted by Crippen LogP contribution is -2.54. The maximum absolute atomic E-state index is 14.0. The molecule has 36 heavy (non-hydrogen) atoms. The van der Waals surface area contributed by atoms with Crippen LogP contribution in [0.25, 0.3) is 0 Å². The molecule has 2 atom stereocenters. The molecule has 0 saturated heterocycles. The molecule has 1 fully saturated rings. The van der Waals surface area contributed by atoms with Crippen molar-refractivity contribution < 1.29 is 19.1 Å². The van der Waals surface area contributed by atoms with Crippen LogP contribution in [0.15, 0.2) is 24.3 Å². The lowest BCUT2D eigenvalue weighted by atomic mass is 10.0. The Labute approximate surface area is 220 Å². The van der Waals surface area contributed by atoms with Gasteiger partial charge in [-0.1, -0.05) is 37.8 Å². The normalized spacial score (nSPS) is 14.8. The van der Waals surface area contributed by atoms with Gasteiger partial charge in [-0.15, -0.1) is 6.42 Å². The number of benzene rings is 1. The fraction of sp³-hybridized carbons (Fsp3) is 0.607. The minimum Gasteiger partial charge on any atom is -0.444 e. The Hall–Kier alpha value is -2.66. The third-order valence-electron chi connectivity index (χ3n) is 5.79. The topological polar surface area (TPSA) is 87.7 Å². The molecule has 1 aliphatic carbocycles. The molecule has 198 valence electrons. The van der Waals surface area contributed by atoms with Crippen molar-refractivity contribution in [1.82, 2.24) is 15.5 Å². The molecular weight excluding hydrogens is 474 g/mol. The van der Waals surface area contributed by atoms with Gasteiger partial charge in [-0.3, -0.25) is 9.59 Å². The molecule has 8 heteroatoms. The third-order valence-corrected chi connectivity index (χ3v) is 6.44. The molecule has 1 aromatic carbocycles. The fourth-order valence-corrected chi connectivity index (χ4v) is 4.35. The standard InChI is InChI=1S/C28H41N3O4S/c1-7-9-10-18-29-25(32)24(21-13-11-20(8-2)12-14-21)31(22-15-16-22)26(33)23(17-19-36-6)30-27(34)35-28(3,4)5/h2,11-14,22-24H,7,9-10,15-19H2,1,3-6H3,(H,29,32)(H,30,34). The number of nitrogens with zero attached hydrogens (tertiary/aromatic N) is 1. The highest BCUT2D eigenvalue weighted by Gasteiger charge is 2.43. The van der Waals surface area contributed by atoms with Gasteiger partial charge in [-0.25, -0.2) is 4.79 Å². The Morgan fingerprint density at radius 3 is 2.39 bits per heavy atom. The first kappa shape index (κ1) is 29.6. The number of nitrogens with one attached hydrogen (secondary N) is 2. The van der Waals surface area contributed by atoms with E-state index in [0.29, 0.717) is 29.8 Å². The second kappa shape index (κ2) is 14.2. The summed E-state index contributed by atoms with van der Waals surface area (Å²) in [7, 11) is 0. The molecule has 1 saturated carbocycles. The summed E-state index contributed by atoms with van der Waals surface area (Å²) < 4.78 is 5.42. The van der Waals surface area contributed by atoms with E-state index in [1.807, 2.05) is 18.4 Å². The first-order valence-corrected chi connectivity index (χ1v) is 14.2. The van der Waals surface area contributed by atoms with E-state index in [2.05, 4.69) is 23.5 Å². The molecular formula is C28H41N3O4S. The molecule has 1 aliphatic rings. The summed E-state index contributed by atoms with van der Waals surface area (Å²) in [6, 6.07) is 5.52. The maximum Gasteiger partial charge on any atom is 0.408 e. The SMILES string of the molecule is C#Cc1ccc(C(C(=O)NCCCCC)N(C(=O)C(CCSC)NC(=O)OC(C)(C)C)C2CC2)cc1. The number of hydrogen-bond acceptors (Lipinski definition) is 5. The summed E-state index contributed by atoms with van der Waals surface area (Å²) in [6.45, 7) is 7.99. The number of carbonyl (C=O) groups is 3. The van der Waals surface area contributed by atoms with Crippen LogP contribution in [0.5, 0.6) is 0 Å². The lowest BCUT2D eigenvalue weighted by molar-refractivity contribution is -0.143. The van der Waals surface area contributed by atoms with Crippen LogP contribution in [0.3, 0.4) is 0 Å². The van der Waals surface area contributed by atoms with Gasteiger partial charge in [0.25, 0.3) is 0 Å². The van der Waals surface area contributed by atoms with E-state index in [0.717, 1.165) is 32.1 Å². The van der Waals surface area contributed by atoms with E-state index in [4.69, 9.17) is 11.2 Å². The van der Waals surface area contributed by atoms with Crippen LogP contribution in [-0.2, 0) is 14.3 Å². The van der Waals surface area contributed by atoms with Crippen LogP contribution in [0.1, 0.15) is 83.4 Å². The Morgan fingerprint density at radius 2 is 1.86 bits per heavy atom. The molecule has 3 amide bonds. The number of terminal acetylenes is 1. The summed E-state index contributed by atoms with van der Waals surface area (Å²) in [6.07, 6.45) is 11.8. The summed E-state index contributed by atoms with van der Waals surface area (Å²) in [4.78, 5) is 41.8. The van der Waals surface area contributed by atoms with Crippen molar-refractivity contribution in [3.63, 3.8) is 0 Å². The summed E-state index contributed by atoms with van der Waals surface area (Å²) in [5, 5.41) is 5.80. The summed E-state index contributed by atoms with van der Waals surface area (Å²) in [5.74, 6) is 2.78. The minimum absolute atomic E-state index is 0.0617. The maximum atomic E-state index is 14.0. The van der Waals surface area contributed by atoms with Gasteiger partial charge in [0, 0.05) is 18.2 Å². The van der Waals surface area contributed by atoms with Gasteiger partial charge in [0.1, 0.15) is 17.7 Å². The number of hydrogen-bond donors (Lipinski definition) is 2. The van der Waals surface area contributed by atoms with Crippen LogP contribution in [0.2, 0.25) is 0 Å². The Kier molecular flexibility index (Phi) is 11.6. The fourth-order valence-electron chi connectivity index (χ4n) is 3.88. The first-order chi connectivity index (χ1) is 17.1. The highest BCUT2D eigenvalue weighted by Crippen LogP contribution is 2.36. The number of rotatable bonds is 13. The van der Waals surface area contributed by atoms with E-state index < -0.39 is 23.8 Å². The van der Waals surface area contributed by atoms with Gasteiger partial charge in [-0.2, -0.15) is 11.8 Å². The predicted octanol–water partition coefficient (Wildman–Crippen LogP) is 4.65. The van der Waals surface area contributed by atoms with Crippen molar-refractivity contribution in [2.75, 3.05) is 18.6 Å². The van der Waals surface area contributed by atoms with Gasteiger partial charge in [0.05, 0.1) is 0 Å². The summed E-state index contributed by atoms with van der Waals surface area (Å²) in [5.41, 5.74) is 0.713. The van der Waals surface area contributed by atoms with Crippen molar-refractivity contribution in [1.29, 1.82) is 0 Å². The molecule has 0 bridgehead atoms. The summed E-state index contributed by atoms with van der Waals surface area (Å²) >= 11 is 1.59. The second-order valence-electron chi connectivity index (χ2n) is 10.1.